The van der Waals surface area contributed by atoms with Crippen molar-refractivity contribution in [2.45, 2.75) is 18.9 Å². The minimum atomic E-state index is -0.124. The van der Waals surface area contributed by atoms with E-state index in [4.69, 9.17) is 27.9 Å². The minimum Gasteiger partial charge on any atom is -0.490 e. The van der Waals surface area contributed by atoms with Crippen LogP contribution in [0.5, 0.6) is 5.75 Å². The molecular weight excluding hydrogens is 335 g/mol. The van der Waals surface area contributed by atoms with Crippen molar-refractivity contribution >= 4 is 29.1 Å². The van der Waals surface area contributed by atoms with Crippen LogP contribution >= 0.6 is 23.2 Å². The summed E-state index contributed by atoms with van der Waals surface area (Å²) in [7, 11) is 0. The van der Waals surface area contributed by atoms with Gasteiger partial charge in [-0.3, -0.25) is 4.79 Å². The van der Waals surface area contributed by atoms with Crippen LogP contribution in [0.15, 0.2) is 42.6 Å². The summed E-state index contributed by atoms with van der Waals surface area (Å²) in [6.45, 7) is 1.26. The van der Waals surface area contributed by atoms with Gasteiger partial charge in [-0.1, -0.05) is 23.2 Å². The first-order valence-electron chi connectivity index (χ1n) is 7.45. The number of carbonyl (C=O) groups is 1. The average molecular weight is 351 g/mol. The van der Waals surface area contributed by atoms with E-state index in [-0.39, 0.29) is 12.0 Å². The lowest BCUT2D eigenvalue weighted by Crippen LogP contribution is -2.42. The molecule has 1 amide bonds. The molecule has 1 saturated heterocycles. The molecule has 2 heterocycles. The van der Waals surface area contributed by atoms with Gasteiger partial charge in [0, 0.05) is 37.2 Å². The van der Waals surface area contributed by atoms with Crippen molar-refractivity contribution < 1.29 is 9.53 Å². The Morgan fingerprint density at radius 1 is 1.13 bits per heavy atom. The number of benzene rings is 1. The Morgan fingerprint density at radius 2 is 1.83 bits per heavy atom. The van der Waals surface area contributed by atoms with Gasteiger partial charge in [-0.15, -0.1) is 0 Å². The van der Waals surface area contributed by atoms with Crippen LogP contribution in [0.3, 0.4) is 0 Å². The van der Waals surface area contributed by atoms with Crippen molar-refractivity contribution in [3.63, 3.8) is 0 Å². The molecule has 0 radical (unpaired) electrons. The Bertz CT molecular complexity index is 683. The van der Waals surface area contributed by atoms with E-state index < -0.39 is 0 Å². The molecule has 0 bridgehead atoms. The van der Waals surface area contributed by atoms with Crippen LogP contribution in [0.25, 0.3) is 0 Å². The zero-order valence-corrected chi connectivity index (χ0v) is 13.9. The number of hydrogen-bond acceptors (Lipinski definition) is 3. The van der Waals surface area contributed by atoms with E-state index in [1.54, 1.807) is 35.4 Å². The Balaban J connectivity index is 1.57. The van der Waals surface area contributed by atoms with E-state index in [1.165, 1.54) is 0 Å². The molecular formula is C17H16Cl2N2O2. The first-order valence-corrected chi connectivity index (χ1v) is 8.21. The number of halogens is 2. The molecule has 1 aliphatic rings. The molecule has 23 heavy (non-hydrogen) atoms. The van der Waals surface area contributed by atoms with Gasteiger partial charge in [0.1, 0.15) is 17.5 Å². The van der Waals surface area contributed by atoms with Crippen molar-refractivity contribution in [2.24, 2.45) is 0 Å². The van der Waals surface area contributed by atoms with Crippen molar-refractivity contribution in [2.75, 3.05) is 13.1 Å². The number of ether oxygens (including phenoxy) is 1. The van der Waals surface area contributed by atoms with E-state index in [2.05, 4.69) is 4.98 Å². The summed E-state index contributed by atoms with van der Waals surface area (Å²) in [5, 5.41) is 1.07. The van der Waals surface area contributed by atoms with Gasteiger partial charge in [-0.05, 0) is 36.4 Å². The summed E-state index contributed by atoms with van der Waals surface area (Å²) in [6.07, 6.45) is 3.23. The summed E-state index contributed by atoms with van der Waals surface area (Å²) in [5.74, 6) is 0.674. The van der Waals surface area contributed by atoms with Crippen LogP contribution < -0.4 is 4.74 Å². The molecule has 0 aliphatic carbocycles. The zero-order valence-electron chi connectivity index (χ0n) is 12.4. The topological polar surface area (TPSA) is 42.4 Å². The van der Waals surface area contributed by atoms with Gasteiger partial charge in [0.15, 0.2) is 0 Å². The number of hydrogen-bond donors (Lipinski definition) is 0. The van der Waals surface area contributed by atoms with Gasteiger partial charge >= 0.3 is 0 Å². The third kappa shape index (κ3) is 3.95. The van der Waals surface area contributed by atoms with Crippen molar-refractivity contribution in [1.29, 1.82) is 0 Å². The number of likely N-dealkylation sites (tertiary alicyclic amines) is 1. The van der Waals surface area contributed by atoms with Crippen molar-refractivity contribution in [1.82, 2.24) is 9.88 Å². The molecule has 3 rings (SSSR count). The maximum Gasteiger partial charge on any atom is 0.274 e. The third-order valence-electron chi connectivity index (χ3n) is 3.81. The van der Waals surface area contributed by atoms with Crippen LogP contribution in [-0.2, 0) is 0 Å². The molecule has 120 valence electrons. The molecule has 1 fully saturated rings. The van der Waals surface area contributed by atoms with Crippen molar-refractivity contribution in [3.8, 4) is 5.75 Å². The fourth-order valence-corrected chi connectivity index (χ4v) is 2.90. The summed E-state index contributed by atoms with van der Waals surface area (Å²) in [5.41, 5.74) is 0.311. The van der Waals surface area contributed by atoms with E-state index in [0.29, 0.717) is 28.8 Å². The second-order valence-corrected chi connectivity index (χ2v) is 6.24. The predicted molar refractivity (Wildman–Crippen MR) is 90.3 cm³/mol. The molecule has 2 aromatic rings. The van der Waals surface area contributed by atoms with Gasteiger partial charge in [0.2, 0.25) is 0 Å². The number of nitrogens with zero attached hydrogens (tertiary/aromatic N) is 2. The number of piperidine rings is 1. The number of aromatic nitrogens is 1. The highest BCUT2D eigenvalue weighted by molar-refractivity contribution is 6.33. The summed E-state index contributed by atoms with van der Waals surface area (Å²) < 4.78 is 5.93. The van der Waals surface area contributed by atoms with Crippen LogP contribution in [0.4, 0.5) is 0 Å². The maximum absolute atomic E-state index is 12.4. The molecule has 0 N–H and O–H groups in total. The average Bonchev–Trinajstić information content (AvgIpc) is 2.57. The summed E-state index contributed by atoms with van der Waals surface area (Å²) in [6, 6.07) is 10.7. The van der Waals surface area contributed by atoms with Crippen LogP contribution in [0, 0.1) is 0 Å². The van der Waals surface area contributed by atoms with Crippen LogP contribution in [0.1, 0.15) is 23.3 Å². The monoisotopic (exact) mass is 350 g/mol. The third-order valence-corrected chi connectivity index (χ3v) is 4.36. The lowest BCUT2D eigenvalue weighted by atomic mass is 10.1. The second-order valence-electron chi connectivity index (χ2n) is 5.40. The highest BCUT2D eigenvalue weighted by Gasteiger charge is 2.26. The summed E-state index contributed by atoms with van der Waals surface area (Å²) in [4.78, 5) is 18.3. The standard InChI is InChI=1S/C17H16Cl2N2O2/c18-12-3-5-13(6-4-12)23-14-7-10-21(11-8-14)17(22)16-15(19)2-1-9-20-16/h1-6,9,14H,7-8,10-11H2. The molecule has 1 aromatic carbocycles. The zero-order chi connectivity index (χ0) is 16.2. The Morgan fingerprint density at radius 3 is 2.48 bits per heavy atom. The maximum atomic E-state index is 12.4. The first-order chi connectivity index (χ1) is 11.1. The lowest BCUT2D eigenvalue weighted by molar-refractivity contribution is 0.0590. The van der Waals surface area contributed by atoms with Gasteiger partial charge in [-0.2, -0.15) is 0 Å². The quantitative estimate of drug-likeness (QED) is 0.837. The molecule has 6 heteroatoms. The van der Waals surface area contributed by atoms with E-state index in [9.17, 15) is 4.79 Å². The van der Waals surface area contributed by atoms with Gasteiger partial charge in [-0.25, -0.2) is 4.98 Å². The lowest BCUT2D eigenvalue weighted by Gasteiger charge is -2.32. The number of rotatable bonds is 3. The van der Waals surface area contributed by atoms with Crippen molar-refractivity contribution in [3.05, 3.63) is 58.3 Å². The van der Waals surface area contributed by atoms with Crippen LogP contribution in [0.2, 0.25) is 10.0 Å². The van der Waals surface area contributed by atoms with E-state index >= 15 is 0 Å². The fourth-order valence-electron chi connectivity index (χ4n) is 2.58. The highest BCUT2D eigenvalue weighted by atomic mass is 35.5. The normalized spacial score (nSPS) is 15.5. The number of carbonyl (C=O) groups excluding carboxylic acids is 1. The van der Waals surface area contributed by atoms with Gasteiger partial charge in [0.05, 0.1) is 5.02 Å². The minimum absolute atomic E-state index is 0.0967. The smallest absolute Gasteiger partial charge is 0.274 e. The highest BCUT2D eigenvalue weighted by Crippen LogP contribution is 2.22. The summed E-state index contributed by atoms with van der Waals surface area (Å²) >= 11 is 11.9. The largest absolute Gasteiger partial charge is 0.490 e. The molecule has 0 unspecified atom stereocenters. The Kier molecular flexibility index (Phi) is 5.03. The molecule has 0 spiro atoms. The molecule has 1 aromatic heterocycles. The molecule has 0 atom stereocenters. The van der Waals surface area contributed by atoms with Crippen LogP contribution in [-0.4, -0.2) is 35.0 Å². The molecule has 1 aliphatic heterocycles. The first kappa shape index (κ1) is 16.1. The fraction of sp³-hybridized carbons (Fsp3) is 0.294. The van der Waals surface area contributed by atoms with Gasteiger partial charge in [0.25, 0.3) is 5.91 Å². The number of amides is 1. The van der Waals surface area contributed by atoms with Gasteiger partial charge < -0.3 is 9.64 Å². The number of pyridine rings is 1. The van der Waals surface area contributed by atoms with E-state index in [0.717, 1.165) is 18.6 Å². The molecule has 0 saturated carbocycles. The van der Waals surface area contributed by atoms with E-state index in [1.807, 2.05) is 12.1 Å². The second kappa shape index (κ2) is 7.20. The Labute approximate surface area is 145 Å². The Hall–Kier alpha value is -1.78. The predicted octanol–water partition coefficient (Wildman–Crippen LogP) is 4.07. The SMILES string of the molecule is O=C(c1ncccc1Cl)N1CCC(Oc2ccc(Cl)cc2)CC1. The molecule has 4 nitrogen and oxygen atoms in total.